The first-order valence-corrected chi connectivity index (χ1v) is 11.0. The fourth-order valence-corrected chi connectivity index (χ4v) is 5.79. The first kappa shape index (κ1) is 18.7. The molecule has 0 unspecified atom stereocenters. The van der Waals surface area contributed by atoms with Gasteiger partial charge in [0.1, 0.15) is 5.75 Å². The van der Waals surface area contributed by atoms with Crippen molar-refractivity contribution in [2.75, 3.05) is 25.2 Å². The third kappa shape index (κ3) is 4.18. The van der Waals surface area contributed by atoms with Crippen LogP contribution in [0.3, 0.4) is 0 Å². The Kier molecular flexibility index (Phi) is 5.42. The van der Waals surface area contributed by atoms with Crippen LogP contribution in [-0.2, 0) is 9.84 Å². The van der Waals surface area contributed by atoms with E-state index in [4.69, 9.17) is 4.74 Å². The Morgan fingerprint density at radius 3 is 2.60 bits per heavy atom. The third-order valence-electron chi connectivity index (χ3n) is 5.80. The highest BCUT2D eigenvalue weighted by molar-refractivity contribution is 7.91. The van der Waals surface area contributed by atoms with E-state index in [-0.39, 0.29) is 17.5 Å². The number of para-hydroxylation sites is 1. The lowest BCUT2D eigenvalue weighted by molar-refractivity contribution is -0.0407. The minimum absolute atomic E-state index is 0.0883. The molecule has 1 aromatic carbocycles. The molecule has 0 amide bonds. The van der Waals surface area contributed by atoms with E-state index in [0.717, 1.165) is 30.6 Å². The first-order chi connectivity index (χ1) is 11.8. The van der Waals surface area contributed by atoms with Crippen LogP contribution >= 0.6 is 0 Å². The summed E-state index contributed by atoms with van der Waals surface area (Å²) in [5, 5.41) is 11.0. The van der Waals surface area contributed by atoms with Gasteiger partial charge in [-0.3, -0.25) is 4.90 Å². The van der Waals surface area contributed by atoms with Crippen LogP contribution < -0.4 is 4.74 Å². The molecule has 2 saturated heterocycles. The Labute approximate surface area is 150 Å². The number of hydrogen-bond acceptors (Lipinski definition) is 5. The van der Waals surface area contributed by atoms with Crippen molar-refractivity contribution in [2.24, 2.45) is 0 Å². The monoisotopic (exact) mass is 367 g/mol. The number of benzene rings is 1. The normalized spacial score (nSPS) is 29.2. The van der Waals surface area contributed by atoms with Crippen LogP contribution in [0.2, 0.25) is 0 Å². The largest absolute Gasteiger partial charge is 0.496 e. The Hall–Kier alpha value is -1.11. The number of rotatable bonds is 4. The van der Waals surface area contributed by atoms with Gasteiger partial charge in [0.15, 0.2) is 9.84 Å². The van der Waals surface area contributed by atoms with Crippen molar-refractivity contribution in [3.63, 3.8) is 0 Å². The summed E-state index contributed by atoms with van der Waals surface area (Å²) >= 11 is 0. The van der Waals surface area contributed by atoms with Gasteiger partial charge < -0.3 is 9.84 Å². The number of sulfone groups is 1. The lowest BCUT2D eigenvalue weighted by Crippen LogP contribution is -2.52. The molecule has 2 fully saturated rings. The molecule has 3 rings (SSSR count). The van der Waals surface area contributed by atoms with Gasteiger partial charge in [-0.1, -0.05) is 24.6 Å². The number of aliphatic hydroxyl groups is 1. The molecule has 6 heteroatoms. The summed E-state index contributed by atoms with van der Waals surface area (Å²) in [5.74, 6) is 1.06. The standard InChI is InChI=1S/C19H29NO4S/c1-15-6-5-8-17(16-7-3-4-9-18(16)24-2)20(15)14-19(21)10-12-25(22,23)13-11-19/h3-4,7,9,15,17,21H,5-6,8,10-14H2,1-2H3/t15-,17-/m1/s1. The molecule has 25 heavy (non-hydrogen) atoms. The quantitative estimate of drug-likeness (QED) is 0.886. The summed E-state index contributed by atoms with van der Waals surface area (Å²) in [5.41, 5.74) is 0.237. The zero-order valence-electron chi connectivity index (χ0n) is 15.1. The maximum atomic E-state index is 11.7. The fraction of sp³-hybridized carbons (Fsp3) is 0.684. The Bertz CT molecular complexity index is 689. The molecule has 2 aliphatic heterocycles. The van der Waals surface area contributed by atoms with E-state index in [0.29, 0.717) is 25.4 Å². The van der Waals surface area contributed by atoms with Crippen LogP contribution in [0, 0.1) is 0 Å². The van der Waals surface area contributed by atoms with Crippen LogP contribution in [0.15, 0.2) is 24.3 Å². The van der Waals surface area contributed by atoms with Crippen molar-refractivity contribution >= 4 is 9.84 Å². The second-order valence-electron chi connectivity index (χ2n) is 7.59. The average Bonchev–Trinajstić information content (AvgIpc) is 2.60. The van der Waals surface area contributed by atoms with Gasteiger partial charge in [0.05, 0.1) is 24.2 Å². The molecule has 0 spiro atoms. The predicted molar refractivity (Wildman–Crippen MR) is 98.6 cm³/mol. The molecule has 0 saturated carbocycles. The van der Waals surface area contributed by atoms with Crippen molar-refractivity contribution < 1.29 is 18.3 Å². The van der Waals surface area contributed by atoms with Gasteiger partial charge in [-0.25, -0.2) is 8.42 Å². The van der Waals surface area contributed by atoms with Crippen molar-refractivity contribution in [3.8, 4) is 5.75 Å². The number of nitrogens with zero attached hydrogens (tertiary/aromatic N) is 1. The number of piperidine rings is 1. The fourth-order valence-electron chi connectivity index (χ4n) is 4.20. The van der Waals surface area contributed by atoms with Crippen molar-refractivity contribution in [1.82, 2.24) is 4.90 Å². The SMILES string of the molecule is COc1ccccc1[C@H]1CCC[C@@H](C)N1CC1(O)CCS(=O)(=O)CC1. The van der Waals surface area contributed by atoms with Crippen molar-refractivity contribution in [2.45, 2.75) is 56.7 Å². The highest BCUT2D eigenvalue weighted by Crippen LogP contribution is 2.40. The Morgan fingerprint density at radius 2 is 1.92 bits per heavy atom. The van der Waals surface area contributed by atoms with Crippen LogP contribution in [0.4, 0.5) is 0 Å². The van der Waals surface area contributed by atoms with Crippen LogP contribution in [0.1, 0.15) is 50.6 Å². The van der Waals surface area contributed by atoms with E-state index in [2.05, 4.69) is 17.9 Å². The molecule has 1 aromatic rings. The molecule has 0 aromatic heterocycles. The topological polar surface area (TPSA) is 66.8 Å². The second kappa shape index (κ2) is 7.25. The summed E-state index contributed by atoms with van der Waals surface area (Å²) in [6.45, 7) is 2.72. The van der Waals surface area contributed by atoms with E-state index in [9.17, 15) is 13.5 Å². The zero-order chi connectivity index (χ0) is 18.1. The minimum Gasteiger partial charge on any atom is -0.496 e. The molecule has 2 heterocycles. The molecule has 2 aliphatic rings. The van der Waals surface area contributed by atoms with E-state index in [1.807, 2.05) is 18.2 Å². The summed E-state index contributed by atoms with van der Waals surface area (Å²) in [6.07, 6.45) is 3.93. The summed E-state index contributed by atoms with van der Waals surface area (Å²) in [7, 11) is -1.29. The molecule has 0 radical (unpaired) electrons. The van der Waals surface area contributed by atoms with Gasteiger partial charge in [-0.2, -0.15) is 0 Å². The van der Waals surface area contributed by atoms with E-state index >= 15 is 0 Å². The van der Waals surface area contributed by atoms with Gasteiger partial charge in [0.25, 0.3) is 0 Å². The van der Waals surface area contributed by atoms with Gasteiger partial charge in [0.2, 0.25) is 0 Å². The molecule has 0 bridgehead atoms. The Balaban J connectivity index is 1.83. The van der Waals surface area contributed by atoms with Crippen LogP contribution in [-0.4, -0.2) is 55.2 Å². The number of hydrogen-bond donors (Lipinski definition) is 1. The molecule has 140 valence electrons. The summed E-state index contributed by atoms with van der Waals surface area (Å²) < 4.78 is 29.0. The molecular formula is C19H29NO4S. The highest BCUT2D eigenvalue weighted by Gasteiger charge is 2.41. The van der Waals surface area contributed by atoms with Gasteiger partial charge in [-0.05, 0) is 38.7 Å². The average molecular weight is 368 g/mol. The molecule has 2 atom stereocenters. The highest BCUT2D eigenvalue weighted by atomic mass is 32.2. The summed E-state index contributed by atoms with van der Waals surface area (Å²) in [4.78, 5) is 2.36. The smallest absolute Gasteiger partial charge is 0.150 e. The van der Waals surface area contributed by atoms with Gasteiger partial charge in [-0.15, -0.1) is 0 Å². The third-order valence-corrected chi connectivity index (χ3v) is 7.45. The van der Waals surface area contributed by atoms with E-state index < -0.39 is 15.4 Å². The molecule has 0 aliphatic carbocycles. The zero-order valence-corrected chi connectivity index (χ0v) is 16.0. The van der Waals surface area contributed by atoms with E-state index in [1.165, 1.54) is 0 Å². The Morgan fingerprint density at radius 1 is 1.24 bits per heavy atom. The van der Waals surface area contributed by atoms with Crippen molar-refractivity contribution in [1.29, 1.82) is 0 Å². The number of ether oxygens (including phenoxy) is 1. The van der Waals surface area contributed by atoms with Gasteiger partial charge >= 0.3 is 0 Å². The number of likely N-dealkylation sites (tertiary alicyclic amines) is 1. The van der Waals surface area contributed by atoms with Crippen molar-refractivity contribution in [3.05, 3.63) is 29.8 Å². The summed E-state index contributed by atoms with van der Waals surface area (Å²) in [6, 6.07) is 8.63. The lowest BCUT2D eigenvalue weighted by Gasteiger charge is -2.46. The van der Waals surface area contributed by atoms with Crippen LogP contribution in [0.25, 0.3) is 0 Å². The maximum Gasteiger partial charge on any atom is 0.150 e. The number of β-amino-alcohol motifs (C(OH)–C–C–N with tert-alkyl or cyclic N) is 1. The molecule has 1 N–H and O–H groups in total. The second-order valence-corrected chi connectivity index (χ2v) is 9.89. The van der Waals surface area contributed by atoms with E-state index in [1.54, 1.807) is 7.11 Å². The lowest BCUT2D eigenvalue weighted by atomic mass is 9.87. The minimum atomic E-state index is -2.98. The maximum absolute atomic E-state index is 11.7. The van der Waals surface area contributed by atoms with Crippen LogP contribution in [0.5, 0.6) is 5.75 Å². The molecular weight excluding hydrogens is 338 g/mol. The predicted octanol–water partition coefficient (Wildman–Crippen LogP) is 2.55. The van der Waals surface area contributed by atoms with Gasteiger partial charge in [0, 0.05) is 24.2 Å². The molecule has 5 nitrogen and oxygen atoms in total. The first-order valence-electron chi connectivity index (χ1n) is 9.15. The number of methoxy groups -OCH3 is 1.